The number of anilines is 1. The molecular weight excluding hydrogens is 370 g/mol. The first kappa shape index (κ1) is 20.6. The van der Waals surface area contributed by atoms with Gasteiger partial charge in [0.15, 0.2) is 29.0 Å². The molecule has 7 heteroatoms. The summed E-state index contributed by atoms with van der Waals surface area (Å²) in [5, 5.41) is 6.64. The molecule has 0 fully saturated rings. The zero-order valence-electron chi connectivity index (χ0n) is 17.3. The molecule has 2 aromatic carbocycles. The summed E-state index contributed by atoms with van der Waals surface area (Å²) in [6.45, 7) is 2.14. The van der Waals surface area contributed by atoms with E-state index in [4.69, 9.17) is 18.9 Å². The van der Waals surface area contributed by atoms with Gasteiger partial charge in [0.05, 0.1) is 27.4 Å². The lowest BCUT2D eigenvalue weighted by atomic mass is 10.1. The number of rotatable bonds is 7. The molecule has 0 aromatic heterocycles. The summed E-state index contributed by atoms with van der Waals surface area (Å²) in [5.74, 6) is 3.76. The molecule has 1 aliphatic rings. The minimum atomic E-state index is 0.666. The van der Waals surface area contributed by atoms with Crippen molar-refractivity contribution in [1.29, 1.82) is 0 Å². The third-order valence-corrected chi connectivity index (χ3v) is 4.62. The number of methoxy groups -OCH3 is 2. The zero-order valence-corrected chi connectivity index (χ0v) is 17.3. The Morgan fingerprint density at radius 1 is 1.00 bits per heavy atom. The van der Waals surface area contributed by atoms with Crippen LogP contribution in [0.3, 0.4) is 0 Å². The SMILES string of the molecule is CN=C(NCCCc1ccc(OC)c(OC)c1)Nc1ccc2c(c1)OCCCO2. The number of nitrogens with zero attached hydrogens (tertiary/aromatic N) is 1. The van der Waals surface area contributed by atoms with E-state index in [1.54, 1.807) is 21.3 Å². The smallest absolute Gasteiger partial charge is 0.195 e. The molecule has 0 radical (unpaired) electrons. The highest BCUT2D eigenvalue weighted by atomic mass is 16.5. The van der Waals surface area contributed by atoms with Crippen molar-refractivity contribution in [3.05, 3.63) is 42.0 Å². The predicted molar refractivity (Wildman–Crippen MR) is 115 cm³/mol. The number of hydrogen-bond acceptors (Lipinski definition) is 5. The maximum absolute atomic E-state index is 5.74. The third-order valence-electron chi connectivity index (χ3n) is 4.62. The van der Waals surface area contributed by atoms with Gasteiger partial charge in [-0.3, -0.25) is 4.99 Å². The Morgan fingerprint density at radius 3 is 2.55 bits per heavy atom. The van der Waals surface area contributed by atoms with Crippen molar-refractivity contribution in [3.63, 3.8) is 0 Å². The van der Waals surface area contributed by atoms with Gasteiger partial charge in [0.2, 0.25) is 0 Å². The normalized spacial score (nSPS) is 13.4. The van der Waals surface area contributed by atoms with Gasteiger partial charge in [0.25, 0.3) is 0 Å². The first-order valence-electron chi connectivity index (χ1n) is 9.81. The number of ether oxygens (including phenoxy) is 4. The van der Waals surface area contributed by atoms with E-state index in [2.05, 4.69) is 21.7 Å². The van der Waals surface area contributed by atoms with Crippen LogP contribution in [0, 0.1) is 0 Å². The van der Waals surface area contributed by atoms with Crippen molar-refractivity contribution in [3.8, 4) is 23.0 Å². The molecule has 0 saturated carbocycles. The fourth-order valence-electron chi connectivity index (χ4n) is 3.09. The van der Waals surface area contributed by atoms with E-state index in [0.717, 1.165) is 54.5 Å². The Hall–Kier alpha value is -3.09. The Balaban J connectivity index is 1.49. The van der Waals surface area contributed by atoms with E-state index >= 15 is 0 Å². The number of guanidine groups is 1. The van der Waals surface area contributed by atoms with Gasteiger partial charge in [-0.1, -0.05) is 6.07 Å². The molecule has 0 saturated heterocycles. The van der Waals surface area contributed by atoms with Crippen LogP contribution in [0.15, 0.2) is 41.4 Å². The molecule has 2 N–H and O–H groups in total. The average Bonchev–Trinajstić information content (AvgIpc) is 3.00. The van der Waals surface area contributed by atoms with Gasteiger partial charge in [0.1, 0.15) is 0 Å². The number of aliphatic imine (C=N–C) groups is 1. The van der Waals surface area contributed by atoms with E-state index in [1.165, 1.54) is 5.56 Å². The van der Waals surface area contributed by atoms with Crippen LogP contribution in [0.25, 0.3) is 0 Å². The molecule has 1 heterocycles. The molecule has 1 aliphatic heterocycles. The molecule has 3 rings (SSSR count). The van der Waals surface area contributed by atoms with Crippen molar-refractivity contribution < 1.29 is 18.9 Å². The first-order valence-corrected chi connectivity index (χ1v) is 9.81. The fraction of sp³-hybridized carbons (Fsp3) is 0.409. The molecule has 0 spiro atoms. The van der Waals surface area contributed by atoms with Gasteiger partial charge in [-0.15, -0.1) is 0 Å². The Labute approximate surface area is 172 Å². The molecule has 0 unspecified atom stereocenters. The summed E-state index contributed by atoms with van der Waals surface area (Å²) in [6.07, 6.45) is 2.77. The lowest BCUT2D eigenvalue weighted by Crippen LogP contribution is -2.31. The number of hydrogen-bond donors (Lipinski definition) is 2. The van der Waals surface area contributed by atoms with Gasteiger partial charge in [-0.05, 0) is 42.7 Å². The molecule has 0 aliphatic carbocycles. The fourth-order valence-corrected chi connectivity index (χ4v) is 3.09. The van der Waals surface area contributed by atoms with E-state index in [9.17, 15) is 0 Å². The van der Waals surface area contributed by atoms with Gasteiger partial charge < -0.3 is 29.6 Å². The van der Waals surface area contributed by atoms with E-state index in [0.29, 0.717) is 19.2 Å². The van der Waals surface area contributed by atoms with Gasteiger partial charge in [0, 0.05) is 31.8 Å². The van der Waals surface area contributed by atoms with Gasteiger partial charge in [-0.2, -0.15) is 0 Å². The number of aryl methyl sites for hydroxylation is 1. The predicted octanol–water partition coefficient (Wildman–Crippen LogP) is 3.49. The second kappa shape index (κ2) is 10.5. The molecule has 2 aromatic rings. The van der Waals surface area contributed by atoms with Crippen LogP contribution in [0.5, 0.6) is 23.0 Å². The average molecular weight is 399 g/mol. The van der Waals surface area contributed by atoms with Crippen molar-refractivity contribution in [2.24, 2.45) is 4.99 Å². The molecule has 7 nitrogen and oxygen atoms in total. The van der Waals surface area contributed by atoms with Crippen LogP contribution in [0.1, 0.15) is 18.4 Å². The molecular formula is C22H29N3O4. The van der Waals surface area contributed by atoms with Crippen LogP contribution in [-0.2, 0) is 6.42 Å². The molecule has 156 valence electrons. The van der Waals surface area contributed by atoms with Gasteiger partial charge >= 0.3 is 0 Å². The van der Waals surface area contributed by atoms with Crippen LogP contribution < -0.4 is 29.6 Å². The van der Waals surface area contributed by atoms with Crippen LogP contribution >= 0.6 is 0 Å². The van der Waals surface area contributed by atoms with Crippen LogP contribution in [-0.4, -0.2) is 47.0 Å². The molecule has 29 heavy (non-hydrogen) atoms. The second-order valence-corrected chi connectivity index (χ2v) is 6.63. The summed E-state index contributed by atoms with van der Waals surface area (Å²) >= 11 is 0. The van der Waals surface area contributed by atoms with Crippen LogP contribution in [0.2, 0.25) is 0 Å². The number of fused-ring (bicyclic) bond motifs is 1. The highest BCUT2D eigenvalue weighted by Crippen LogP contribution is 2.32. The number of nitrogens with one attached hydrogen (secondary N) is 2. The third kappa shape index (κ3) is 5.70. The first-order chi connectivity index (χ1) is 14.2. The van der Waals surface area contributed by atoms with Gasteiger partial charge in [-0.25, -0.2) is 0 Å². The Kier molecular flexibility index (Phi) is 7.44. The number of benzene rings is 2. The summed E-state index contributed by atoms with van der Waals surface area (Å²) in [5.41, 5.74) is 2.11. The van der Waals surface area contributed by atoms with Crippen molar-refractivity contribution in [2.75, 3.05) is 46.3 Å². The topological polar surface area (TPSA) is 73.3 Å². The summed E-state index contributed by atoms with van der Waals surface area (Å²) < 4.78 is 22.1. The quantitative estimate of drug-likeness (QED) is 0.422. The van der Waals surface area contributed by atoms with Crippen molar-refractivity contribution in [1.82, 2.24) is 5.32 Å². The summed E-state index contributed by atoms with van der Waals surface area (Å²) in [4.78, 5) is 4.29. The molecule has 0 amide bonds. The second-order valence-electron chi connectivity index (χ2n) is 6.63. The largest absolute Gasteiger partial charge is 0.493 e. The van der Waals surface area contributed by atoms with E-state index in [-0.39, 0.29) is 0 Å². The maximum Gasteiger partial charge on any atom is 0.195 e. The van der Waals surface area contributed by atoms with E-state index in [1.807, 2.05) is 30.3 Å². The van der Waals surface area contributed by atoms with E-state index < -0.39 is 0 Å². The lowest BCUT2D eigenvalue weighted by molar-refractivity contribution is 0.297. The summed E-state index contributed by atoms with van der Waals surface area (Å²) in [6, 6.07) is 11.8. The summed E-state index contributed by atoms with van der Waals surface area (Å²) in [7, 11) is 5.05. The van der Waals surface area contributed by atoms with Crippen molar-refractivity contribution >= 4 is 11.6 Å². The highest BCUT2D eigenvalue weighted by Gasteiger charge is 2.11. The van der Waals surface area contributed by atoms with Crippen molar-refractivity contribution in [2.45, 2.75) is 19.3 Å². The minimum absolute atomic E-state index is 0.666. The lowest BCUT2D eigenvalue weighted by Gasteiger charge is -2.14. The highest BCUT2D eigenvalue weighted by molar-refractivity contribution is 5.93. The maximum atomic E-state index is 5.74. The molecule has 0 bridgehead atoms. The zero-order chi connectivity index (χ0) is 20.5. The molecule has 0 atom stereocenters. The Morgan fingerprint density at radius 2 is 1.79 bits per heavy atom. The monoisotopic (exact) mass is 399 g/mol. The Bertz CT molecular complexity index is 839. The standard InChI is InChI=1S/C22H29N3O4/c1-23-22(25-17-8-10-19-21(15-17)29-13-5-12-28-19)24-11-4-6-16-7-9-18(26-2)20(14-16)27-3/h7-10,14-15H,4-6,11-13H2,1-3H3,(H2,23,24,25). The van der Waals surface area contributed by atoms with Crippen LogP contribution in [0.4, 0.5) is 5.69 Å². The minimum Gasteiger partial charge on any atom is -0.493 e.